The third-order valence-corrected chi connectivity index (χ3v) is 5.63. The Kier molecular flexibility index (Phi) is 5.65. The highest BCUT2D eigenvalue weighted by Gasteiger charge is 2.47. The molecule has 0 aromatic carbocycles. The summed E-state index contributed by atoms with van der Waals surface area (Å²) < 4.78 is 5.38. The van der Waals surface area contributed by atoms with E-state index < -0.39 is 17.7 Å². The van der Waals surface area contributed by atoms with Crippen LogP contribution in [-0.2, 0) is 14.3 Å². The fourth-order valence-corrected chi connectivity index (χ4v) is 4.06. The summed E-state index contributed by atoms with van der Waals surface area (Å²) in [6.45, 7) is 7.35. The van der Waals surface area contributed by atoms with E-state index in [2.05, 4.69) is 20.1 Å². The third-order valence-electron chi connectivity index (χ3n) is 5.63. The van der Waals surface area contributed by atoms with Gasteiger partial charge in [0.25, 0.3) is 11.7 Å². The maximum atomic E-state index is 13.0. The number of carbonyl (C=O) groups is 2. The van der Waals surface area contributed by atoms with Crippen molar-refractivity contribution in [2.75, 3.05) is 39.4 Å². The number of morpholine rings is 1. The molecule has 2 saturated heterocycles. The van der Waals surface area contributed by atoms with Crippen molar-refractivity contribution < 1.29 is 19.4 Å². The first kappa shape index (κ1) is 20.2. The molecule has 2 aliphatic heterocycles. The Balaban J connectivity index is 1.74. The van der Waals surface area contributed by atoms with Gasteiger partial charge in [-0.15, -0.1) is 0 Å². The molecule has 9 nitrogen and oxygen atoms in total. The first-order chi connectivity index (χ1) is 14.5. The van der Waals surface area contributed by atoms with Gasteiger partial charge < -0.3 is 14.7 Å². The van der Waals surface area contributed by atoms with Crippen LogP contribution in [-0.4, -0.2) is 81.2 Å². The van der Waals surface area contributed by atoms with Crippen LogP contribution < -0.4 is 0 Å². The van der Waals surface area contributed by atoms with E-state index in [9.17, 15) is 14.7 Å². The zero-order valence-corrected chi connectivity index (χ0v) is 17.1. The lowest BCUT2D eigenvalue weighted by Gasteiger charge is -2.30. The summed E-state index contributed by atoms with van der Waals surface area (Å²) in [5.74, 6) is -1.55. The predicted octanol–water partition coefficient (Wildman–Crippen LogP) is 1.18. The average molecular weight is 411 g/mol. The molecule has 0 spiro atoms. The highest BCUT2D eigenvalue weighted by atomic mass is 16.5. The number of Topliss-reactive ketones (excluding diaryl/α,β-unsaturated/α-hetero) is 1. The van der Waals surface area contributed by atoms with Crippen LogP contribution in [0.2, 0.25) is 0 Å². The molecular formula is C21H25N5O4. The molecule has 30 heavy (non-hydrogen) atoms. The summed E-state index contributed by atoms with van der Waals surface area (Å²) in [7, 11) is 0. The molecule has 1 unspecified atom stereocenters. The zero-order valence-electron chi connectivity index (χ0n) is 17.1. The number of nitrogens with zero attached hydrogens (tertiary/aromatic N) is 4. The van der Waals surface area contributed by atoms with Crippen molar-refractivity contribution in [3.05, 3.63) is 52.6 Å². The van der Waals surface area contributed by atoms with E-state index in [0.29, 0.717) is 48.9 Å². The van der Waals surface area contributed by atoms with Gasteiger partial charge in [0.2, 0.25) is 0 Å². The van der Waals surface area contributed by atoms with Gasteiger partial charge in [-0.3, -0.25) is 24.6 Å². The van der Waals surface area contributed by atoms with Crippen LogP contribution in [0.25, 0.3) is 5.76 Å². The molecule has 0 saturated carbocycles. The third kappa shape index (κ3) is 3.61. The van der Waals surface area contributed by atoms with Crippen LogP contribution in [0.15, 0.2) is 30.0 Å². The van der Waals surface area contributed by atoms with Gasteiger partial charge in [-0.1, -0.05) is 6.07 Å². The van der Waals surface area contributed by atoms with Crippen LogP contribution >= 0.6 is 0 Å². The van der Waals surface area contributed by atoms with Gasteiger partial charge in [0.05, 0.1) is 35.7 Å². The lowest BCUT2D eigenvalue weighted by molar-refractivity contribution is -0.140. The van der Waals surface area contributed by atoms with Gasteiger partial charge in [-0.25, -0.2) is 0 Å². The van der Waals surface area contributed by atoms with Gasteiger partial charge in [0, 0.05) is 38.1 Å². The molecule has 0 bridgehead atoms. The van der Waals surface area contributed by atoms with E-state index in [1.807, 2.05) is 0 Å². The minimum absolute atomic E-state index is 0.0493. The fourth-order valence-electron chi connectivity index (χ4n) is 4.06. The van der Waals surface area contributed by atoms with Crippen molar-refractivity contribution in [3.8, 4) is 0 Å². The molecule has 1 atom stereocenters. The number of likely N-dealkylation sites (tertiary alicyclic amines) is 1. The van der Waals surface area contributed by atoms with Crippen molar-refractivity contribution >= 4 is 17.4 Å². The number of pyridine rings is 1. The molecule has 4 rings (SSSR count). The maximum Gasteiger partial charge on any atom is 0.295 e. The van der Waals surface area contributed by atoms with Gasteiger partial charge in [-0.05, 0) is 26.0 Å². The molecule has 2 aliphatic rings. The minimum atomic E-state index is -0.749. The Morgan fingerprint density at radius 3 is 2.63 bits per heavy atom. The zero-order chi connectivity index (χ0) is 21.3. The topological polar surface area (TPSA) is 112 Å². The number of ketones is 1. The standard InChI is InChI=1S/C21H25N5O4/c1-13-16(14(2)24-23-13)19(27)17-18(15-5-3-4-6-22-15)26(21(29)20(17)28)8-7-25-9-11-30-12-10-25/h3-6,18,27H,7-12H2,1-2H3,(H,23,24). The molecule has 9 heteroatoms. The van der Waals surface area contributed by atoms with Crippen molar-refractivity contribution in [2.24, 2.45) is 0 Å². The summed E-state index contributed by atoms with van der Waals surface area (Å²) in [4.78, 5) is 34.1. The van der Waals surface area contributed by atoms with Crippen molar-refractivity contribution in [2.45, 2.75) is 19.9 Å². The number of hydrogen-bond donors (Lipinski definition) is 2. The second-order valence-corrected chi connectivity index (χ2v) is 7.51. The highest BCUT2D eigenvalue weighted by Crippen LogP contribution is 2.39. The number of aliphatic hydroxyl groups excluding tert-OH is 1. The summed E-state index contributed by atoms with van der Waals surface area (Å²) in [6.07, 6.45) is 1.62. The molecule has 2 aromatic heterocycles. The number of rotatable bonds is 5. The summed E-state index contributed by atoms with van der Waals surface area (Å²) in [5, 5.41) is 18.0. The first-order valence-corrected chi connectivity index (χ1v) is 10.0. The van der Waals surface area contributed by atoms with E-state index in [-0.39, 0.29) is 11.3 Å². The van der Waals surface area contributed by atoms with Crippen LogP contribution in [0.3, 0.4) is 0 Å². The largest absolute Gasteiger partial charge is 0.507 e. The Bertz CT molecular complexity index is 959. The van der Waals surface area contributed by atoms with Crippen LogP contribution in [0.1, 0.15) is 28.7 Å². The molecule has 2 fully saturated rings. The monoisotopic (exact) mass is 411 g/mol. The van der Waals surface area contributed by atoms with E-state index in [0.717, 1.165) is 13.1 Å². The van der Waals surface area contributed by atoms with Gasteiger partial charge in [0.15, 0.2) is 0 Å². The van der Waals surface area contributed by atoms with E-state index in [1.165, 1.54) is 4.90 Å². The Labute approximate surface area is 174 Å². The predicted molar refractivity (Wildman–Crippen MR) is 109 cm³/mol. The molecule has 158 valence electrons. The van der Waals surface area contributed by atoms with Crippen LogP contribution in [0.5, 0.6) is 0 Å². The molecule has 1 amide bonds. The average Bonchev–Trinajstić information content (AvgIpc) is 3.23. The Hall–Kier alpha value is -3.04. The smallest absolute Gasteiger partial charge is 0.295 e. The number of nitrogens with one attached hydrogen (secondary N) is 1. The molecular weight excluding hydrogens is 386 g/mol. The van der Waals surface area contributed by atoms with Crippen molar-refractivity contribution in [1.82, 2.24) is 25.0 Å². The fraction of sp³-hybridized carbons (Fsp3) is 0.429. The quantitative estimate of drug-likeness (QED) is 0.432. The SMILES string of the molecule is Cc1n[nH]c(C)c1C(O)=C1C(=O)C(=O)N(CCN2CCOCC2)C1c1ccccn1. The number of aryl methyl sites for hydroxylation is 2. The summed E-state index contributed by atoms with van der Waals surface area (Å²) >= 11 is 0. The molecule has 2 N–H and O–H groups in total. The molecule has 0 aliphatic carbocycles. The second-order valence-electron chi connectivity index (χ2n) is 7.51. The summed E-state index contributed by atoms with van der Waals surface area (Å²) in [5.41, 5.74) is 2.22. The first-order valence-electron chi connectivity index (χ1n) is 10.0. The maximum absolute atomic E-state index is 13.0. The highest BCUT2D eigenvalue weighted by molar-refractivity contribution is 6.46. The van der Waals surface area contributed by atoms with Gasteiger partial charge in [0.1, 0.15) is 11.8 Å². The number of hydrogen-bond acceptors (Lipinski definition) is 7. The number of carbonyl (C=O) groups excluding carboxylic acids is 2. The van der Waals surface area contributed by atoms with Crippen LogP contribution in [0, 0.1) is 13.8 Å². The van der Waals surface area contributed by atoms with Gasteiger partial charge in [-0.2, -0.15) is 5.10 Å². The molecule has 4 heterocycles. The lowest BCUT2D eigenvalue weighted by atomic mass is 9.97. The molecule has 0 radical (unpaired) electrons. The number of ether oxygens (including phenoxy) is 1. The van der Waals surface area contributed by atoms with E-state index >= 15 is 0 Å². The second kappa shape index (κ2) is 8.37. The normalized spacial score (nSPS) is 22.1. The van der Waals surface area contributed by atoms with E-state index in [4.69, 9.17) is 4.74 Å². The Morgan fingerprint density at radius 2 is 2.00 bits per heavy atom. The summed E-state index contributed by atoms with van der Waals surface area (Å²) in [6, 6.07) is 4.59. The number of amides is 1. The van der Waals surface area contributed by atoms with Gasteiger partial charge >= 0.3 is 0 Å². The van der Waals surface area contributed by atoms with Crippen LogP contribution in [0.4, 0.5) is 0 Å². The van der Waals surface area contributed by atoms with Crippen molar-refractivity contribution in [3.63, 3.8) is 0 Å². The number of aromatic amines is 1. The minimum Gasteiger partial charge on any atom is -0.507 e. The van der Waals surface area contributed by atoms with Crippen molar-refractivity contribution in [1.29, 1.82) is 0 Å². The Morgan fingerprint density at radius 1 is 1.23 bits per heavy atom. The lowest BCUT2D eigenvalue weighted by Crippen LogP contribution is -2.42. The van der Waals surface area contributed by atoms with E-state index in [1.54, 1.807) is 38.2 Å². The number of aliphatic hydroxyl groups is 1. The number of H-pyrrole nitrogens is 1. The number of aromatic nitrogens is 3. The molecule has 2 aromatic rings.